The van der Waals surface area contributed by atoms with Crippen LogP contribution in [0.2, 0.25) is 0 Å². The van der Waals surface area contributed by atoms with Crippen LogP contribution < -0.4 is 0 Å². The van der Waals surface area contributed by atoms with Gasteiger partial charge in [0.2, 0.25) is 0 Å². The molecule has 2 rings (SSSR count). The fraction of sp³-hybridized carbons (Fsp3) is 0.118. The van der Waals surface area contributed by atoms with E-state index in [2.05, 4.69) is 36.2 Å². The van der Waals surface area contributed by atoms with Crippen LogP contribution in [0.15, 0.2) is 65.7 Å². The van der Waals surface area contributed by atoms with Crippen molar-refractivity contribution in [1.82, 2.24) is 0 Å². The van der Waals surface area contributed by atoms with E-state index in [0.717, 1.165) is 12.1 Å². The molecule has 0 fully saturated rings. The van der Waals surface area contributed by atoms with Crippen LogP contribution in [-0.2, 0) is 6.42 Å². The molecule has 0 saturated carbocycles. The van der Waals surface area contributed by atoms with E-state index in [1.165, 1.54) is 11.1 Å². The first-order valence-electron chi connectivity index (χ1n) is 6.23. The average Bonchev–Trinajstić information content (AvgIpc) is 2.45. The SMILES string of the molecule is CCc1ccc(N=C/C=C/c2ccccc2)cc1. The molecule has 18 heavy (non-hydrogen) atoms. The minimum absolute atomic E-state index is 0.991. The van der Waals surface area contributed by atoms with Crippen LogP contribution >= 0.6 is 0 Å². The van der Waals surface area contributed by atoms with Gasteiger partial charge in [0.15, 0.2) is 0 Å². The molecule has 0 aliphatic heterocycles. The Bertz CT molecular complexity index is 521. The van der Waals surface area contributed by atoms with E-state index in [4.69, 9.17) is 0 Å². The highest BCUT2D eigenvalue weighted by Gasteiger charge is 1.88. The van der Waals surface area contributed by atoms with Crippen LogP contribution in [0, 0.1) is 0 Å². The second kappa shape index (κ2) is 6.55. The third-order valence-corrected chi connectivity index (χ3v) is 2.74. The number of hydrogen-bond acceptors (Lipinski definition) is 1. The highest BCUT2D eigenvalue weighted by atomic mass is 14.7. The van der Waals surface area contributed by atoms with Crippen molar-refractivity contribution in [3.63, 3.8) is 0 Å². The molecule has 0 aliphatic carbocycles. The Kier molecular flexibility index (Phi) is 4.48. The van der Waals surface area contributed by atoms with E-state index >= 15 is 0 Å². The van der Waals surface area contributed by atoms with Crippen molar-refractivity contribution >= 4 is 18.0 Å². The zero-order chi connectivity index (χ0) is 12.6. The molecule has 0 spiro atoms. The van der Waals surface area contributed by atoms with Gasteiger partial charge < -0.3 is 0 Å². The maximum absolute atomic E-state index is 4.38. The van der Waals surface area contributed by atoms with Gasteiger partial charge in [-0.15, -0.1) is 0 Å². The second-order valence-electron chi connectivity index (χ2n) is 4.07. The Labute approximate surface area is 109 Å². The molecule has 2 aromatic carbocycles. The highest BCUT2D eigenvalue weighted by molar-refractivity contribution is 5.80. The number of aryl methyl sites for hydroxylation is 1. The largest absolute Gasteiger partial charge is 0.257 e. The van der Waals surface area contributed by atoms with E-state index in [9.17, 15) is 0 Å². The lowest BCUT2D eigenvalue weighted by atomic mass is 10.1. The van der Waals surface area contributed by atoms with Crippen LogP contribution in [-0.4, -0.2) is 6.21 Å². The molecule has 0 heterocycles. The van der Waals surface area contributed by atoms with Gasteiger partial charge in [0, 0.05) is 6.21 Å². The highest BCUT2D eigenvalue weighted by Crippen LogP contribution is 2.12. The molecule has 90 valence electrons. The summed E-state index contributed by atoms with van der Waals surface area (Å²) in [6.45, 7) is 2.15. The predicted octanol–water partition coefficient (Wildman–Crippen LogP) is 4.66. The molecule has 1 heteroatoms. The summed E-state index contributed by atoms with van der Waals surface area (Å²) in [4.78, 5) is 4.38. The summed E-state index contributed by atoms with van der Waals surface area (Å²) in [7, 11) is 0. The van der Waals surface area contributed by atoms with Gasteiger partial charge >= 0.3 is 0 Å². The van der Waals surface area contributed by atoms with Crippen molar-refractivity contribution < 1.29 is 0 Å². The maximum atomic E-state index is 4.38. The van der Waals surface area contributed by atoms with E-state index in [1.54, 1.807) is 0 Å². The lowest BCUT2D eigenvalue weighted by Gasteiger charge is -1.96. The van der Waals surface area contributed by atoms with Crippen molar-refractivity contribution in [2.75, 3.05) is 0 Å². The monoisotopic (exact) mass is 235 g/mol. The van der Waals surface area contributed by atoms with Crippen LogP contribution in [0.3, 0.4) is 0 Å². The maximum Gasteiger partial charge on any atom is 0.0629 e. The van der Waals surface area contributed by atoms with Crippen LogP contribution in [0.4, 0.5) is 5.69 Å². The first kappa shape index (κ1) is 12.3. The van der Waals surface area contributed by atoms with Crippen molar-refractivity contribution in [2.24, 2.45) is 4.99 Å². The Morgan fingerprint density at radius 2 is 1.67 bits per heavy atom. The lowest BCUT2D eigenvalue weighted by molar-refractivity contribution is 1.14. The average molecular weight is 235 g/mol. The smallest absolute Gasteiger partial charge is 0.0629 e. The predicted molar refractivity (Wildman–Crippen MR) is 79.4 cm³/mol. The quantitative estimate of drug-likeness (QED) is 0.683. The summed E-state index contributed by atoms with van der Waals surface area (Å²) in [6.07, 6.45) is 6.90. The molecule has 0 radical (unpaired) electrons. The number of benzene rings is 2. The number of hydrogen-bond donors (Lipinski definition) is 0. The Morgan fingerprint density at radius 3 is 2.33 bits per heavy atom. The van der Waals surface area contributed by atoms with E-state index in [1.807, 2.05) is 48.7 Å². The van der Waals surface area contributed by atoms with Gasteiger partial charge in [-0.25, -0.2) is 0 Å². The Hall–Kier alpha value is -2.15. The zero-order valence-electron chi connectivity index (χ0n) is 10.6. The first-order chi connectivity index (χ1) is 8.88. The molecule has 0 bridgehead atoms. The molecule has 0 unspecified atom stereocenters. The first-order valence-corrected chi connectivity index (χ1v) is 6.23. The van der Waals surface area contributed by atoms with Crippen molar-refractivity contribution in [3.8, 4) is 0 Å². The summed E-state index contributed by atoms with van der Waals surface area (Å²) < 4.78 is 0. The van der Waals surface area contributed by atoms with Crippen LogP contribution in [0.25, 0.3) is 6.08 Å². The molecule has 0 N–H and O–H groups in total. The fourth-order valence-electron chi connectivity index (χ4n) is 1.67. The lowest BCUT2D eigenvalue weighted by Crippen LogP contribution is -1.76. The van der Waals surface area contributed by atoms with Gasteiger partial charge in [0.05, 0.1) is 5.69 Å². The van der Waals surface area contributed by atoms with Gasteiger partial charge in [-0.3, -0.25) is 4.99 Å². The van der Waals surface area contributed by atoms with Gasteiger partial charge in [-0.05, 0) is 35.8 Å². The minimum atomic E-state index is 0.991. The minimum Gasteiger partial charge on any atom is -0.257 e. The number of allylic oxidation sites excluding steroid dienone is 1. The van der Waals surface area contributed by atoms with Crippen molar-refractivity contribution in [3.05, 3.63) is 71.8 Å². The van der Waals surface area contributed by atoms with Gasteiger partial charge in [0.1, 0.15) is 0 Å². The summed E-state index contributed by atoms with van der Waals surface area (Å²) in [5.74, 6) is 0. The zero-order valence-corrected chi connectivity index (χ0v) is 10.6. The molecule has 0 aliphatic rings. The van der Waals surface area contributed by atoms with Gasteiger partial charge in [-0.1, -0.05) is 55.5 Å². The van der Waals surface area contributed by atoms with Crippen LogP contribution in [0.1, 0.15) is 18.1 Å². The summed E-state index contributed by atoms with van der Waals surface area (Å²) in [6, 6.07) is 18.5. The number of nitrogens with zero attached hydrogens (tertiary/aromatic N) is 1. The van der Waals surface area contributed by atoms with E-state index in [-0.39, 0.29) is 0 Å². The summed E-state index contributed by atoms with van der Waals surface area (Å²) in [5.41, 5.74) is 3.52. The van der Waals surface area contributed by atoms with Crippen molar-refractivity contribution in [2.45, 2.75) is 13.3 Å². The van der Waals surface area contributed by atoms with Crippen LogP contribution in [0.5, 0.6) is 0 Å². The fourth-order valence-corrected chi connectivity index (χ4v) is 1.67. The normalized spacial score (nSPS) is 11.4. The number of aliphatic imine (C=N–C) groups is 1. The summed E-state index contributed by atoms with van der Waals surface area (Å²) >= 11 is 0. The Morgan fingerprint density at radius 1 is 0.944 bits per heavy atom. The van der Waals surface area contributed by atoms with Crippen molar-refractivity contribution in [1.29, 1.82) is 0 Å². The molecule has 0 amide bonds. The third kappa shape index (κ3) is 3.70. The van der Waals surface area contributed by atoms with Gasteiger partial charge in [0.25, 0.3) is 0 Å². The second-order valence-corrected chi connectivity index (χ2v) is 4.07. The molecule has 0 atom stereocenters. The Balaban J connectivity index is 1.96. The summed E-state index contributed by atoms with van der Waals surface area (Å²) in [5, 5.41) is 0. The topological polar surface area (TPSA) is 12.4 Å². The van der Waals surface area contributed by atoms with E-state index in [0.29, 0.717) is 0 Å². The molecule has 0 aromatic heterocycles. The molecule has 2 aromatic rings. The molecule has 1 nitrogen and oxygen atoms in total. The van der Waals surface area contributed by atoms with Gasteiger partial charge in [-0.2, -0.15) is 0 Å². The number of rotatable bonds is 4. The standard InChI is InChI=1S/C17H17N/c1-2-15-10-12-17(13-11-15)18-14-6-9-16-7-4-3-5-8-16/h3-14H,2H2,1H3/b9-6+,18-14?. The van der Waals surface area contributed by atoms with E-state index < -0.39 is 0 Å². The molecular formula is C17H17N. The molecular weight excluding hydrogens is 218 g/mol. The molecule has 0 saturated heterocycles. The third-order valence-electron chi connectivity index (χ3n) is 2.74.